The Bertz CT molecular complexity index is 794. The predicted octanol–water partition coefficient (Wildman–Crippen LogP) is 2.37. The second-order valence-electron chi connectivity index (χ2n) is 5.92. The summed E-state index contributed by atoms with van der Waals surface area (Å²) in [6.07, 6.45) is 1.57. The van der Waals surface area contributed by atoms with Gasteiger partial charge in [0.05, 0.1) is 0 Å². The molecule has 1 aromatic heterocycles. The summed E-state index contributed by atoms with van der Waals surface area (Å²) in [6, 6.07) is 7.48. The number of hydrogen-bond acceptors (Lipinski definition) is 4. The molecule has 124 valence electrons. The fourth-order valence-electron chi connectivity index (χ4n) is 2.90. The highest BCUT2D eigenvalue weighted by Gasteiger charge is 2.28. The molecule has 2 heterocycles. The summed E-state index contributed by atoms with van der Waals surface area (Å²) in [5.41, 5.74) is 3.91. The molecule has 1 N–H and O–H groups in total. The number of ether oxygens (including phenoxy) is 1. The number of pyridine rings is 1. The fraction of sp³-hybridized carbons (Fsp3) is 0.278. The van der Waals surface area contributed by atoms with E-state index in [1.165, 1.54) is 4.90 Å². The molecule has 0 radical (unpaired) electrons. The molecule has 0 bridgehead atoms. The number of carbonyl (C=O) groups excluding carboxylic acids is 2. The van der Waals surface area contributed by atoms with E-state index in [1.54, 1.807) is 18.3 Å². The molecule has 1 aliphatic heterocycles. The number of nitrogens with one attached hydrogen (secondary N) is 1. The Balaban J connectivity index is 1.80. The topological polar surface area (TPSA) is 71.5 Å². The van der Waals surface area contributed by atoms with E-state index in [1.807, 2.05) is 32.9 Å². The van der Waals surface area contributed by atoms with E-state index in [9.17, 15) is 9.59 Å². The molecule has 24 heavy (non-hydrogen) atoms. The Morgan fingerprint density at radius 3 is 2.71 bits per heavy atom. The maximum atomic E-state index is 12.5. The van der Waals surface area contributed by atoms with Crippen molar-refractivity contribution in [3.8, 4) is 5.75 Å². The maximum Gasteiger partial charge on any atom is 0.266 e. The number of hydrogen-bond donors (Lipinski definition) is 1. The minimum atomic E-state index is -0.284. The van der Waals surface area contributed by atoms with E-state index >= 15 is 0 Å². The summed E-state index contributed by atoms with van der Waals surface area (Å²) >= 11 is 0. The highest BCUT2D eigenvalue weighted by atomic mass is 16.5. The average molecular weight is 325 g/mol. The van der Waals surface area contributed by atoms with Crippen LogP contribution in [0.15, 0.2) is 30.5 Å². The number of rotatable bonds is 3. The zero-order valence-electron chi connectivity index (χ0n) is 13.9. The lowest BCUT2D eigenvalue weighted by Crippen LogP contribution is -2.44. The molecule has 6 nitrogen and oxygen atoms in total. The number of carbonyl (C=O) groups is 2. The first-order chi connectivity index (χ1) is 11.5. The van der Waals surface area contributed by atoms with Crippen LogP contribution in [0.5, 0.6) is 5.75 Å². The summed E-state index contributed by atoms with van der Waals surface area (Å²) in [5.74, 6) is 0.333. The zero-order valence-corrected chi connectivity index (χ0v) is 13.9. The number of benzene rings is 1. The first kappa shape index (κ1) is 16.0. The van der Waals surface area contributed by atoms with Crippen LogP contribution in [0, 0.1) is 20.8 Å². The van der Waals surface area contributed by atoms with E-state index in [0.717, 1.165) is 22.4 Å². The first-order valence-electron chi connectivity index (χ1n) is 7.71. The quantitative estimate of drug-likeness (QED) is 0.940. The van der Waals surface area contributed by atoms with Gasteiger partial charge in [-0.3, -0.25) is 14.5 Å². The van der Waals surface area contributed by atoms with Crippen LogP contribution >= 0.6 is 0 Å². The van der Waals surface area contributed by atoms with Crippen molar-refractivity contribution in [2.75, 3.05) is 23.4 Å². The molecule has 0 fully saturated rings. The monoisotopic (exact) mass is 325 g/mol. The van der Waals surface area contributed by atoms with E-state index in [-0.39, 0.29) is 25.0 Å². The molecule has 2 amide bonds. The molecule has 2 aromatic rings. The molecule has 3 rings (SSSR count). The smallest absolute Gasteiger partial charge is 0.266 e. The van der Waals surface area contributed by atoms with E-state index < -0.39 is 0 Å². The van der Waals surface area contributed by atoms with Gasteiger partial charge in [-0.05, 0) is 44.0 Å². The van der Waals surface area contributed by atoms with Gasteiger partial charge in [0, 0.05) is 11.9 Å². The third-order valence-electron chi connectivity index (χ3n) is 3.90. The van der Waals surface area contributed by atoms with E-state index in [4.69, 9.17) is 4.74 Å². The van der Waals surface area contributed by atoms with Crippen molar-refractivity contribution in [1.29, 1.82) is 0 Å². The molecule has 0 unspecified atom stereocenters. The van der Waals surface area contributed by atoms with Crippen molar-refractivity contribution in [1.82, 2.24) is 4.98 Å². The second kappa shape index (κ2) is 6.31. The lowest BCUT2D eigenvalue weighted by molar-refractivity contribution is -0.123. The lowest BCUT2D eigenvalue weighted by atomic mass is 10.1. The van der Waals surface area contributed by atoms with Crippen molar-refractivity contribution in [3.63, 3.8) is 0 Å². The Kier molecular flexibility index (Phi) is 4.20. The Morgan fingerprint density at radius 2 is 2.00 bits per heavy atom. The maximum absolute atomic E-state index is 12.5. The Hall–Kier alpha value is -2.89. The van der Waals surface area contributed by atoms with Crippen LogP contribution < -0.4 is 15.0 Å². The van der Waals surface area contributed by atoms with Crippen LogP contribution in [-0.4, -0.2) is 29.9 Å². The molecule has 0 atom stereocenters. The van der Waals surface area contributed by atoms with Gasteiger partial charge >= 0.3 is 0 Å². The standard InChI is InChI=1S/C18H19N3O3/c1-11-7-12(2)17(13(3)8-11)20-15(22)9-21-16(23)10-24-14-5-4-6-19-18(14)21/h4-8H,9-10H2,1-3H3,(H,20,22). The van der Waals surface area contributed by atoms with Crippen LogP contribution in [0.3, 0.4) is 0 Å². The predicted molar refractivity (Wildman–Crippen MR) is 91.4 cm³/mol. The van der Waals surface area contributed by atoms with Gasteiger partial charge in [0.1, 0.15) is 6.54 Å². The van der Waals surface area contributed by atoms with Gasteiger partial charge in [-0.2, -0.15) is 0 Å². The van der Waals surface area contributed by atoms with Gasteiger partial charge in [0.15, 0.2) is 18.2 Å². The molecule has 0 spiro atoms. The SMILES string of the molecule is Cc1cc(C)c(NC(=O)CN2C(=O)COc3cccnc32)c(C)c1. The van der Waals surface area contributed by atoms with Crippen molar-refractivity contribution in [2.45, 2.75) is 20.8 Å². The van der Waals surface area contributed by atoms with Gasteiger partial charge in [-0.25, -0.2) is 4.98 Å². The Morgan fingerprint density at radius 1 is 1.29 bits per heavy atom. The molecule has 1 aromatic carbocycles. The largest absolute Gasteiger partial charge is 0.480 e. The number of nitrogens with zero attached hydrogens (tertiary/aromatic N) is 2. The molecule has 6 heteroatoms. The summed E-state index contributed by atoms with van der Waals surface area (Å²) in [5, 5.41) is 2.90. The molecule has 0 saturated carbocycles. The van der Waals surface area contributed by atoms with E-state index in [0.29, 0.717) is 11.6 Å². The van der Waals surface area contributed by atoms with Crippen LogP contribution in [0.2, 0.25) is 0 Å². The number of aryl methyl sites for hydroxylation is 3. The lowest BCUT2D eigenvalue weighted by Gasteiger charge is -2.27. The Labute approximate surface area is 140 Å². The van der Waals surface area contributed by atoms with Gasteiger partial charge in [0.2, 0.25) is 5.91 Å². The number of anilines is 2. The highest BCUT2D eigenvalue weighted by molar-refractivity contribution is 6.04. The van der Waals surface area contributed by atoms with Crippen LogP contribution in [0.25, 0.3) is 0 Å². The zero-order chi connectivity index (χ0) is 17.3. The molecular weight excluding hydrogens is 306 g/mol. The minimum absolute atomic E-state index is 0.0887. The minimum Gasteiger partial charge on any atom is -0.480 e. The van der Waals surface area contributed by atoms with Crippen LogP contribution in [0.1, 0.15) is 16.7 Å². The summed E-state index contributed by atoms with van der Waals surface area (Å²) in [4.78, 5) is 30.1. The first-order valence-corrected chi connectivity index (χ1v) is 7.71. The second-order valence-corrected chi connectivity index (χ2v) is 5.92. The molecule has 0 aliphatic carbocycles. The summed E-state index contributed by atoms with van der Waals surface area (Å²) < 4.78 is 5.33. The summed E-state index contributed by atoms with van der Waals surface area (Å²) in [7, 11) is 0. The molecule has 1 aliphatic rings. The van der Waals surface area contributed by atoms with Crippen molar-refractivity contribution in [2.24, 2.45) is 0 Å². The van der Waals surface area contributed by atoms with Gasteiger partial charge in [-0.1, -0.05) is 17.7 Å². The molecular formula is C18H19N3O3. The number of amides is 2. The van der Waals surface area contributed by atoms with Crippen molar-refractivity contribution in [3.05, 3.63) is 47.2 Å². The number of fused-ring (bicyclic) bond motifs is 1. The van der Waals surface area contributed by atoms with Gasteiger partial charge in [-0.15, -0.1) is 0 Å². The van der Waals surface area contributed by atoms with Crippen molar-refractivity contribution >= 4 is 23.3 Å². The van der Waals surface area contributed by atoms with E-state index in [2.05, 4.69) is 10.3 Å². The van der Waals surface area contributed by atoms with Gasteiger partial charge in [0.25, 0.3) is 5.91 Å². The number of aromatic nitrogens is 1. The normalized spacial score (nSPS) is 13.3. The fourth-order valence-corrected chi connectivity index (χ4v) is 2.90. The average Bonchev–Trinajstić information content (AvgIpc) is 2.53. The van der Waals surface area contributed by atoms with Crippen molar-refractivity contribution < 1.29 is 14.3 Å². The summed E-state index contributed by atoms with van der Waals surface area (Å²) in [6.45, 7) is 5.73. The van der Waals surface area contributed by atoms with Crippen LogP contribution in [-0.2, 0) is 9.59 Å². The highest BCUT2D eigenvalue weighted by Crippen LogP contribution is 2.29. The van der Waals surface area contributed by atoms with Crippen LogP contribution in [0.4, 0.5) is 11.5 Å². The third-order valence-corrected chi connectivity index (χ3v) is 3.90. The van der Waals surface area contributed by atoms with Gasteiger partial charge < -0.3 is 10.1 Å². The third kappa shape index (κ3) is 3.08. The molecule has 0 saturated heterocycles.